The Morgan fingerprint density at radius 1 is 1.29 bits per heavy atom. The first-order valence-corrected chi connectivity index (χ1v) is 8.92. The van der Waals surface area contributed by atoms with Crippen LogP contribution in [0, 0.1) is 29.1 Å². The summed E-state index contributed by atoms with van der Waals surface area (Å²) >= 11 is 0. The number of halogens is 3. The van der Waals surface area contributed by atoms with Crippen molar-refractivity contribution in [1.29, 1.82) is 5.26 Å². The molecule has 1 saturated carbocycles. The Balaban J connectivity index is 1.66. The average Bonchev–Trinajstić information content (AvgIpc) is 3.05. The molecule has 150 valence electrons. The number of carboxylic acids is 1. The summed E-state index contributed by atoms with van der Waals surface area (Å²) in [5, 5.41) is 27.9. The van der Waals surface area contributed by atoms with Crippen molar-refractivity contribution < 1.29 is 28.2 Å². The first-order valence-electron chi connectivity index (χ1n) is 8.92. The van der Waals surface area contributed by atoms with E-state index in [0.29, 0.717) is 13.1 Å². The van der Waals surface area contributed by atoms with Gasteiger partial charge in [0.1, 0.15) is 11.6 Å². The molecule has 0 radical (unpaired) electrons. The van der Waals surface area contributed by atoms with E-state index in [2.05, 4.69) is 9.97 Å². The maximum Gasteiger partial charge on any atom is 0.434 e. The van der Waals surface area contributed by atoms with E-state index in [1.165, 1.54) is 4.90 Å². The second kappa shape index (κ2) is 6.20. The van der Waals surface area contributed by atoms with Gasteiger partial charge < -0.3 is 20.0 Å². The molecule has 1 aromatic heterocycles. The van der Waals surface area contributed by atoms with Gasteiger partial charge in [0.2, 0.25) is 5.95 Å². The predicted octanol–water partition coefficient (Wildman–Crippen LogP) is 1.09. The van der Waals surface area contributed by atoms with Crippen molar-refractivity contribution in [2.45, 2.75) is 31.7 Å². The Bertz CT molecular complexity index is 859. The highest BCUT2D eigenvalue weighted by Gasteiger charge is 2.57. The molecule has 0 amide bonds. The van der Waals surface area contributed by atoms with Crippen LogP contribution in [-0.2, 0) is 11.0 Å². The number of alkyl halides is 3. The van der Waals surface area contributed by atoms with Gasteiger partial charge in [0.05, 0.1) is 12.1 Å². The molecule has 0 bridgehead atoms. The number of hydrogen-bond donors (Lipinski definition) is 2. The summed E-state index contributed by atoms with van der Waals surface area (Å²) in [6, 6.07) is 1.11. The van der Waals surface area contributed by atoms with Gasteiger partial charge in [0.15, 0.2) is 11.5 Å². The Labute approximate surface area is 158 Å². The lowest BCUT2D eigenvalue weighted by Gasteiger charge is -2.44. The number of aliphatic hydroxyl groups excluding tert-OH is 1. The van der Waals surface area contributed by atoms with Gasteiger partial charge in [-0.15, -0.1) is 0 Å². The molecular formula is C17H18F3N5O3. The molecule has 0 aromatic carbocycles. The van der Waals surface area contributed by atoms with Crippen LogP contribution in [0.3, 0.4) is 0 Å². The third kappa shape index (κ3) is 2.92. The van der Waals surface area contributed by atoms with Crippen molar-refractivity contribution in [1.82, 2.24) is 9.97 Å². The Kier molecular flexibility index (Phi) is 4.15. The first kappa shape index (κ1) is 18.7. The quantitative estimate of drug-likeness (QED) is 0.776. The summed E-state index contributed by atoms with van der Waals surface area (Å²) in [7, 11) is 0. The van der Waals surface area contributed by atoms with Crippen LogP contribution < -0.4 is 9.80 Å². The number of aliphatic hydroxyl groups is 1. The molecule has 2 N–H and O–H groups in total. The van der Waals surface area contributed by atoms with Crippen molar-refractivity contribution in [2.75, 3.05) is 29.4 Å². The van der Waals surface area contributed by atoms with Gasteiger partial charge in [0, 0.05) is 26.1 Å². The van der Waals surface area contributed by atoms with E-state index in [0.717, 1.165) is 0 Å². The second-order valence-electron chi connectivity index (χ2n) is 7.64. The van der Waals surface area contributed by atoms with Crippen LogP contribution in [0.15, 0.2) is 0 Å². The second-order valence-corrected chi connectivity index (χ2v) is 7.64. The van der Waals surface area contributed by atoms with E-state index < -0.39 is 35.5 Å². The van der Waals surface area contributed by atoms with Crippen molar-refractivity contribution in [3.8, 4) is 6.07 Å². The van der Waals surface area contributed by atoms with E-state index in [4.69, 9.17) is 5.11 Å². The number of rotatable bonds is 4. The lowest BCUT2D eigenvalue weighted by atomic mass is 10.00. The first-order chi connectivity index (χ1) is 13.1. The predicted molar refractivity (Wildman–Crippen MR) is 89.5 cm³/mol. The molecule has 8 nitrogen and oxygen atoms in total. The van der Waals surface area contributed by atoms with E-state index in [1.807, 2.05) is 0 Å². The Morgan fingerprint density at radius 2 is 1.93 bits per heavy atom. The minimum atomic E-state index is -4.82. The molecule has 1 aliphatic carbocycles. The zero-order chi connectivity index (χ0) is 20.4. The van der Waals surface area contributed by atoms with Crippen molar-refractivity contribution in [3.05, 3.63) is 11.3 Å². The molecular weight excluding hydrogens is 379 g/mol. The van der Waals surface area contributed by atoms with Crippen LogP contribution >= 0.6 is 0 Å². The number of carbonyl (C=O) groups is 1. The minimum absolute atomic E-state index is 0.0410. The van der Waals surface area contributed by atoms with E-state index in [1.54, 1.807) is 17.9 Å². The maximum absolute atomic E-state index is 13.5. The SMILES string of the molecule is C[C@H]1[C@H](O)CN1c1nc(N2C[C@@H]3C(CC(=O)O)[C@@H]3C2)nc(C(F)(F)F)c1C#N. The van der Waals surface area contributed by atoms with Gasteiger partial charge in [-0.25, -0.2) is 4.98 Å². The summed E-state index contributed by atoms with van der Waals surface area (Å²) in [6.07, 6.45) is -5.46. The number of aromatic nitrogens is 2. The zero-order valence-corrected chi connectivity index (χ0v) is 14.9. The number of hydrogen-bond acceptors (Lipinski definition) is 7. The van der Waals surface area contributed by atoms with Crippen molar-refractivity contribution >= 4 is 17.7 Å². The van der Waals surface area contributed by atoms with Crippen LogP contribution in [0.5, 0.6) is 0 Å². The molecule has 1 unspecified atom stereocenters. The highest BCUT2D eigenvalue weighted by Crippen LogP contribution is 2.54. The third-order valence-corrected chi connectivity index (χ3v) is 6.03. The highest BCUT2D eigenvalue weighted by atomic mass is 19.4. The smallest absolute Gasteiger partial charge is 0.434 e. The molecule has 3 fully saturated rings. The van der Waals surface area contributed by atoms with Crippen LogP contribution in [-0.4, -0.2) is 57.9 Å². The van der Waals surface area contributed by atoms with E-state index >= 15 is 0 Å². The van der Waals surface area contributed by atoms with Crippen molar-refractivity contribution in [3.63, 3.8) is 0 Å². The van der Waals surface area contributed by atoms with Gasteiger partial charge in [0.25, 0.3) is 0 Å². The Morgan fingerprint density at radius 3 is 2.39 bits per heavy atom. The van der Waals surface area contributed by atoms with Crippen LogP contribution in [0.4, 0.5) is 24.9 Å². The third-order valence-electron chi connectivity index (χ3n) is 6.03. The molecule has 4 rings (SSSR count). The monoisotopic (exact) mass is 397 g/mol. The number of anilines is 2. The molecule has 1 aromatic rings. The molecule has 3 aliphatic rings. The average molecular weight is 397 g/mol. The topological polar surface area (TPSA) is 114 Å². The number of β-amino-alcohol motifs (C(OH)–C–C–N with tert-alkyl or cyclic N) is 1. The molecule has 3 heterocycles. The molecule has 28 heavy (non-hydrogen) atoms. The van der Waals surface area contributed by atoms with Gasteiger partial charge in [-0.05, 0) is 24.7 Å². The van der Waals surface area contributed by atoms with E-state index in [-0.39, 0.29) is 42.5 Å². The van der Waals surface area contributed by atoms with Crippen molar-refractivity contribution in [2.24, 2.45) is 17.8 Å². The summed E-state index contributed by atoms with van der Waals surface area (Å²) in [5.74, 6) is -0.862. The number of fused-ring (bicyclic) bond motifs is 1. The van der Waals surface area contributed by atoms with Crippen LogP contribution in [0.25, 0.3) is 0 Å². The fourth-order valence-electron chi connectivity index (χ4n) is 4.28. The van der Waals surface area contributed by atoms with Gasteiger partial charge in [-0.3, -0.25) is 4.79 Å². The van der Waals surface area contributed by atoms with Gasteiger partial charge in [-0.2, -0.15) is 23.4 Å². The number of nitriles is 1. The lowest BCUT2D eigenvalue weighted by molar-refractivity contribution is -0.141. The molecule has 11 heteroatoms. The fourth-order valence-corrected chi connectivity index (χ4v) is 4.28. The number of piperidine rings is 1. The molecule has 2 aliphatic heterocycles. The zero-order valence-electron chi connectivity index (χ0n) is 14.9. The molecule has 5 atom stereocenters. The fraction of sp³-hybridized carbons (Fsp3) is 0.647. The van der Waals surface area contributed by atoms with Crippen LogP contribution in [0.2, 0.25) is 0 Å². The summed E-state index contributed by atoms with van der Waals surface area (Å²) in [4.78, 5) is 21.8. The van der Waals surface area contributed by atoms with E-state index in [9.17, 15) is 28.3 Å². The summed E-state index contributed by atoms with van der Waals surface area (Å²) < 4.78 is 40.6. The number of nitrogens with zero attached hydrogens (tertiary/aromatic N) is 5. The van der Waals surface area contributed by atoms with Gasteiger partial charge in [-0.1, -0.05) is 0 Å². The maximum atomic E-state index is 13.5. The van der Waals surface area contributed by atoms with Gasteiger partial charge >= 0.3 is 12.1 Å². The minimum Gasteiger partial charge on any atom is -0.481 e. The lowest BCUT2D eigenvalue weighted by Crippen LogP contribution is -2.59. The number of carboxylic acid groups (broad SMARTS) is 1. The molecule has 0 spiro atoms. The summed E-state index contributed by atoms with van der Waals surface area (Å²) in [6.45, 7) is 2.52. The summed E-state index contributed by atoms with van der Waals surface area (Å²) in [5.41, 5.74) is -1.94. The standard InChI is InChI=1S/C17H18F3N5O3/c1-7-12(26)6-25(7)15-9(3-21)14(17(18,19)20)22-16(23-15)24-4-10-8(2-13(27)28)11(10)5-24/h7-8,10-12,26H,2,4-6H2,1H3,(H,27,28)/t7-,8?,10-,11+,12+/m0/s1. The largest absolute Gasteiger partial charge is 0.481 e. The Hall–Kier alpha value is -2.61. The number of aliphatic carboxylic acids is 1. The molecule has 2 saturated heterocycles. The highest BCUT2D eigenvalue weighted by molar-refractivity contribution is 5.68. The van der Waals surface area contributed by atoms with Crippen LogP contribution in [0.1, 0.15) is 24.6 Å². The normalized spacial score (nSPS) is 31.2.